The van der Waals surface area contributed by atoms with Crippen molar-refractivity contribution in [1.82, 2.24) is 0 Å². The lowest BCUT2D eigenvalue weighted by Crippen LogP contribution is -2.40. The molecule has 174 valence electrons. The number of rotatable bonds is 3. The van der Waals surface area contributed by atoms with Gasteiger partial charge in [0.1, 0.15) is 10.7 Å². The van der Waals surface area contributed by atoms with Crippen LogP contribution in [0.2, 0.25) is 0 Å². The highest BCUT2D eigenvalue weighted by molar-refractivity contribution is 7.90. The Bertz CT molecular complexity index is 1270. The maximum atomic E-state index is 14.6. The lowest BCUT2D eigenvalue weighted by atomic mass is 9.89. The molecule has 0 N–H and O–H groups in total. The number of hydrogen-bond acceptors (Lipinski definition) is 4. The molecule has 0 aromatic heterocycles. The highest BCUT2D eigenvalue weighted by Crippen LogP contribution is 2.42. The molecule has 2 aliphatic rings. The normalized spacial score (nSPS) is 21.2. The number of urea groups is 1. The zero-order valence-electron chi connectivity index (χ0n) is 17.4. The highest BCUT2D eigenvalue weighted by atomic mass is 32.2. The molecule has 2 aromatic rings. The van der Waals surface area contributed by atoms with Crippen molar-refractivity contribution in [2.45, 2.75) is 48.8 Å². The van der Waals surface area contributed by atoms with Gasteiger partial charge >= 0.3 is 12.2 Å². The summed E-state index contributed by atoms with van der Waals surface area (Å²) in [6.45, 7) is 0. The standard InChI is InChI=1S/C22H19F4N3O3S/c1-33(31,32)20-9-8-15(11-17(20)23)29-19-5-3-2-4-18(19)28(21(29)30)14-7-6-13(12-27)16(10-14)22(24,25)26/h6-11,18-19H,2-5H2,1H3/t18-,19-/m0/s1. The Hall–Kier alpha value is -3.13. The monoisotopic (exact) mass is 481 g/mol. The largest absolute Gasteiger partial charge is 0.417 e. The average Bonchev–Trinajstić information content (AvgIpc) is 3.03. The second kappa shape index (κ2) is 8.02. The van der Waals surface area contributed by atoms with E-state index >= 15 is 0 Å². The van der Waals surface area contributed by atoms with Crippen LogP contribution in [0.3, 0.4) is 0 Å². The minimum absolute atomic E-state index is 0.000969. The number of alkyl halides is 3. The number of amides is 2. The number of nitrogens with zero attached hydrogens (tertiary/aromatic N) is 3. The molecule has 0 unspecified atom stereocenters. The van der Waals surface area contributed by atoms with Crippen LogP contribution in [0, 0.1) is 17.1 Å². The van der Waals surface area contributed by atoms with Gasteiger partial charge in [0, 0.05) is 17.6 Å². The van der Waals surface area contributed by atoms with Gasteiger partial charge in [-0.15, -0.1) is 0 Å². The lowest BCUT2D eigenvalue weighted by molar-refractivity contribution is -0.137. The summed E-state index contributed by atoms with van der Waals surface area (Å²) >= 11 is 0. The summed E-state index contributed by atoms with van der Waals surface area (Å²) in [6, 6.07) is 6.52. The second-order valence-corrected chi connectivity index (χ2v) is 10.2. The van der Waals surface area contributed by atoms with Gasteiger partial charge in [-0.2, -0.15) is 18.4 Å². The molecule has 6 nitrogen and oxygen atoms in total. The molecule has 0 bridgehead atoms. The first-order chi connectivity index (χ1) is 15.4. The number of hydrogen-bond donors (Lipinski definition) is 0. The minimum atomic E-state index is -4.78. The minimum Gasteiger partial charge on any atom is -0.289 e. The Morgan fingerprint density at radius 3 is 2.03 bits per heavy atom. The van der Waals surface area contributed by atoms with Crippen LogP contribution in [0.4, 0.5) is 33.7 Å². The maximum Gasteiger partial charge on any atom is 0.417 e. The molecule has 0 spiro atoms. The van der Waals surface area contributed by atoms with E-state index in [2.05, 4.69) is 0 Å². The Kier molecular flexibility index (Phi) is 5.60. The van der Waals surface area contributed by atoms with Crippen LogP contribution in [0.15, 0.2) is 41.3 Å². The first-order valence-corrected chi connectivity index (χ1v) is 12.1. The number of anilines is 2. The lowest BCUT2D eigenvalue weighted by Gasteiger charge is -2.32. The molecule has 4 rings (SSSR count). The van der Waals surface area contributed by atoms with E-state index in [1.807, 2.05) is 0 Å². The van der Waals surface area contributed by atoms with Crippen molar-refractivity contribution in [1.29, 1.82) is 5.26 Å². The first-order valence-electron chi connectivity index (χ1n) is 10.2. The summed E-state index contributed by atoms with van der Waals surface area (Å²) in [5.41, 5.74) is -1.55. The Labute approximate surface area is 187 Å². The van der Waals surface area contributed by atoms with Gasteiger partial charge in [-0.3, -0.25) is 9.80 Å². The summed E-state index contributed by atoms with van der Waals surface area (Å²) in [5, 5.41) is 9.06. The van der Waals surface area contributed by atoms with E-state index < -0.39 is 56.0 Å². The van der Waals surface area contributed by atoms with E-state index in [0.717, 1.165) is 43.4 Å². The predicted molar refractivity (Wildman–Crippen MR) is 112 cm³/mol. The zero-order chi connectivity index (χ0) is 24.1. The fourth-order valence-corrected chi connectivity index (χ4v) is 5.38. The topological polar surface area (TPSA) is 81.5 Å². The molecule has 33 heavy (non-hydrogen) atoms. The molecule has 1 saturated heterocycles. The zero-order valence-corrected chi connectivity index (χ0v) is 18.3. The molecule has 2 fully saturated rings. The van der Waals surface area contributed by atoms with Crippen molar-refractivity contribution in [3.05, 3.63) is 53.3 Å². The van der Waals surface area contributed by atoms with Crippen molar-refractivity contribution in [3.8, 4) is 6.07 Å². The third-order valence-electron chi connectivity index (χ3n) is 6.07. The number of benzene rings is 2. The SMILES string of the molecule is CS(=O)(=O)c1ccc(N2C(=O)N(c3ccc(C#N)c(C(F)(F)F)c3)[C@H]3CCCC[C@@H]32)cc1F. The van der Waals surface area contributed by atoms with Crippen LogP contribution >= 0.6 is 0 Å². The van der Waals surface area contributed by atoms with E-state index in [9.17, 15) is 30.8 Å². The molecular formula is C22H19F4N3O3S. The molecule has 1 saturated carbocycles. The summed E-state index contributed by atoms with van der Waals surface area (Å²) in [6.07, 6.45) is -1.26. The maximum absolute atomic E-state index is 14.6. The van der Waals surface area contributed by atoms with Crippen LogP contribution in [0.5, 0.6) is 0 Å². The number of nitriles is 1. The van der Waals surface area contributed by atoms with Gasteiger partial charge in [-0.1, -0.05) is 12.8 Å². The van der Waals surface area contributed by atoms with Gasteiger partial charge in [-0.25, -0.2) is 17.6 Å². The van der Waals surface area contributed by atoms with Crippen molar-refractivity contribution < 1.29 is 30.8 Å². The van der Waals surface area contributed by atoms with E-state index in [1.54, 1.807) is 0 Å². The van der Waals surface area contributed by atoms with Gasteiger partial charge in [0.05, 0.1) is 29.3 Å². The van der Waals surface area contributed by atoms with Crippen LogP contribution in [0.25, 0.3) is 0 Å². The molecule has 2 atom stereocenters. The summed E-state index contributed by atoms with van der Waals surface area (Å²) in [5.74, 6) is -1.01. The molecular weight excluding hydrogens is 462 g/mol. The molecule has 0 radical (unpaired) electrons. The third kappa shape index (κ3) is 4.04. The smallest absolute Gasteiger partial charge is 0.289 e. The van der Waals surface area contributed by atoms with Crippen LogP contribution in [0.1, 0.15) is 36.8 Å². The van der Waals surface area contributed by atoms with Crippen molar-refractivity contribution in [2.75, 3.05) is 16.1 Å². The average molecular weight is 481 g/mol. The van der Waals surface area contributed by atoms with Gasteiger partial charge in [0.25, 0.3) is 0 Å². The molecule has 11 heteroatoms. The van der Waals surface area contributed by atoms with E-state index in [0.29, 0.717) is 12.8 Å². The summed E-state index contributed by atoms with van der Waals surface area (Å²) < 4.78 is 78.5. The second-order valence-electron chi connectivity index (χ2n) is 8.17. The third-order valence-corrected chi connectivity index (χ3v) is 7.20. The molecule has 2 amide bonds. The number of carbonyl (C=O) groups is 1. The fourth-order valence-electron chi connectivity index (χ4n) is 4.65. The van der Waals surface area contributed by atoms with E-state index in [1.165, 1.54) is 28.0 Å². The number of halogens is 4. The van der Waals surface area contributed by atoms with Crippen molar-refractivity contribution in [2.24, 2.45) is 0 Å². The van der Waals surface area contributed by atoms with Gasteiger partial charge in [0.15, 0.2) is 9.84 Å². The van der Waals surface area contributed by atoms with Crippen molar-refractivity contribution in [3.63, 3.8) is 0 Å². The molecule has 1 heterocycles. The summed E-state index contributed by atoms with van der Waals surface area (Å²) in [4.78, 5) is 15.5. The van der Waals surface area contributed by atoms with Gasteiger partial charge in [0.2, 0.25) is 0 Å². The van der Waals surface area contributed by atoms with Crippen molar-refractivity contribution >= 4 is 27.2 Å². The molecule has 1 aliphatic heterocycles. The quantitative estimate of drug-likeness (QED) is 0.586. The van der Waals surface area contributed by atoms with Crippen LogP contribution in [-0.2, 0) is 16.0 Å². The van der Waals surface area contributed by atoms with E-state index in [-0.39, 0.29) is 11.4 Å². The fraction of sp³-hybridized carbons (Fsp3) is 0.364. The number of fused-ring (bicyclic) bond motifs is 1. The Morgan fingerprint density at radius 2 is 1.55 bits per heavy atom. The van der Waals surface area contributed by atoms with Crippen LogP contribution in [-0.4, -0.2) is 32.8 Å². The van der Waals surface area contributed by atoms with E-state index in [4.69, 9.17) is 5.26 Å². The van der Waals surface area contributed by atoms with Gasteiger partial charge < -0.3 is 0 Å². The first kappa shape index (κ1) is 23.0. The molecule has 2 aromatic carbocycles. The van der Waals surface area contributed by atoms with Gasteiger partial charge in [-0.05, 0) is 49.2 Å². The molecule has 1 aliphatic carbocycles. The van der Waals surface area contributed by atoms with Crippen LogP contribution < -0.4 is 9.80 Å². The Morgan fingerprint density at radius 1 is 1.00 bits per heavy atom. The Balaban J connectivity index is 1.80. The number of sulfone groups is 1. The number of carbonyl (C=O) groups excluding carboxylic acids is 1. The summed E-state index contributed by atoms with van der Waals surface area (Å²) in [7, 11) is -3.81. The predicted octanol–water partition coefficient (Wildman–Crippen LogP) is 4.88. The highest BCUT2D eigenvalue weighted by Gasteiger charge is 2.48.